The van der Waals surface area contributed by atoms with Gasteiger partial charge in [-0.3, -0.25) is 4.90 Å². The Morgan fingerprint density at radius 2 is 1.68 bits per heavy atom. The Morgan fingerprint density at radius 3 is 2.36 bits per heavy atom. The molecule has 1 aliphatic carbocycles. The highest BCUT2D eigenvalue weighted by Gasteiger charge is 2.40. The molecule has 234 valence electrons. The number of carbonyl (C=O) groups is 1. The van der Waals surface area contributed by atoms with Gasteiger partial charge in [-0.15, -0.1) is 6.58 Å². The van der Waals surface area contributed by atoms with E-state index in [2.05, 4.69) is 71.5 Å². The summed E-state index contributed by atoms with van der Waals surface area (Å²) in [5.41, 5.74) is 6.14. The summed E-state index contributed by atoms with van der Waals surface area (Å²) in [4.78, 5) is 14.5. The topological polar surface area (TPSA) is 83.1 Å². The molecule has 0 bridgehead atoms. The van der Waals surface area contributed by atoms with E-state index in [4.69, 9.17) is 9.47 Å². The van der Waals surface area contributed by atoms with Gasteiger partial charge in [0.05, 0.1) is 18.8 Å². The van der Waals surface area contributed by atoms with E-state index >= 15 is 0 Å². The first-order valence-electron chi connectivity index (χ1n) is 16.1. The summed E-state index contributed by atoms with van der Waals surface area (Å²) in [5.74, 6) is 0.128. The SMILES string of the molecule is C=CCN(C[C@@H]1O[C@H](c2ccc(-c3ccccc3CNC(=O)NCC)cc2)O[C@H](c2ccc(CO)cc2)[C@@H]1C)C1CCCC1. The maximum absolute atomic E-state index is 12.0. The first-order chi connectivity index (χ1) is 21.5. The number of hydrogen-bond donors (Lipinski definition) is 3. The van der Waals surface area contributed by atoms with Gasteiger partial charge in [0, 0.05) is 43.7 Å². The van der Waals surface area contributed by atoms with E-state index in [-0.39, 0.29) is 30.8 Å². The Balaban J connectivity index is 1.39. The van der Waals surface area contributed by atoms with Crippen LogP contribution in [-0.4, -0.2) is 47.8 Å². The molecule has 1 heterocycles. The van der Waals surface area contributed by atoms with Gasteiger partial charge in [0.15, 0.2) is 6.29 Å². The Bertz CT molecular complexity index is 1350. The molecule has 1 aliphatic heterocycles. The van der Waals surface area contributed by atoms with Gasteiger partial charge in [0.2, 0.25) is 0 Å². The minimum absolute atomic E-state index is 0.0189. The number of aliphatic hydroxyl groups is 1. The minimum atomic E-state index is -0.517. The van der Waals surface area contributed by atoms with Gasteiger partial charge in [0.1, 0.15) is 0 Å². The average molecular weight is 598 g/mol. The van der Waals surface area contributed by atoms with Crippen molar-refractivity contribution in [1.29, 1.82) is 0 Å². The maximum Gasteiger partial charge on any atom is 0.315 e. The Hall–Kier alpha value is -3.49. The second-order valence-corrected chi connectivity index (χ2v) is 12.0. The number of amides is 2. The molecule has 0 radical (unpaired) electrons. The third-order valence-corrected chi connectivity index (χ3v) is 9.03. The highest BCUT2D eigenvalue weighted by molar-refractivity contribution is 5.74. The van der Waals surface area contributed by atoms with Crippen LogP contribution in [0.2, 0.25) is 0 Å². The van der Waals surface area contributed by atoms with Crippen LogP contribution in [0.4, 0.5) is 4.79 Å². The van der Waals surface area contributed by atoms with Crippen LogP contribution in [0.5, 0.6) is 0 Å². The van der Waals surface area contributed by atoms with E-state index in [0.717, 1.165) is 46.5 Å². The minimum Gasteiger partial charge on any atom is -0.392 e. The van der Waals surface area contributed by atoms with Crippen LogP contribution >= 0.6 is 0 Å². The monoisotopic (exact) mass is 597 g/mol. The molecule has 0 spiro atoms. The molecule has 5 rings (SSSR count). The van der Waals surface area contributed by atoms with E-state index in [0.29, 0.717) is 19.1 Å². The lowest BCUT2D eigenvalue weighted by Gasteiger charge is -2.43. The molecule has 1 saturated heterocycles. The third kappa shape index (κ3) is 7.77. The van der Waals surface area contributed by atoms with Crippen molar-refractivity contribution in [3.63, 3.8) is 0 Å². The predicted molar refractivity (Wildman–Crippen MR) is 175 cm³/mol. The number of rotatable bonds is 12. The third-order valence-electron chi connectivity index (χ3n) is 9.03. The number of aliphatic hydroxyl groups excluding tert-OH is 1. The van der Waals surface area contributed by atoms with E-state index in [1.807, 2.05) is 43.3 Å². The molecule has 4 atom stereocenters. The van der Waals surface area contributed by atoms with Crippen molar-refractivity contribution in [3.05, 3.63) is 108 Å². The number of urea groups is 1. The summed E-state index contributed by atoms with van der Waals surface area (Å²) < 4.78 is 13.5. The second kappa shape index (κ2) is 15.5. The number of carbonyl (C=O) groups excluding carboxylic acids is 1. The molecular weight excluding hydrogens is 550 g/mol. The fraction of sp³-hybridized carbons (Fsp3) is 0.432. The van der Waals surface area contributed by atoms with Crippen molar-refractivity contribution in [2.45, 2.75) is 77.2 Å². The number of hydrogen-bond acceptors (Lipinski definition) is 5. The fourth-order valence-electron chi connectivity index (χ4n) is 6.54. The summed E-state index contributed by atoms with van der Waals surface area (Å²) in [6.07, 6.45) is 6.32. The zero-order valence-corrected chi connectivity index (χ0v) is 26.1. The van der Waals surface area contributed by atoms with Crippen molar-refractivity contribution < 1.29 is 19.4 Å². The molecule has 0 aromatic heterocycles. The molecule has 3 aromatic rings. The lowest BCUT2D eigenvalue weighted by Crippen LogP contribution is -2.47. The van der Waals surface area contributed by atoms with E-state index in [1.54, 1.807) is 0 Å². The van der Waals surface area contributed by atoms with Gasteiger partial charge in [-0.2, -0.15) is 0 Å². The van der Waals surface area contributed by atoms with Gasteiger partial charge >= 0.3 is 6.03 Å². The zero-order valence-electron chi connectivity index (χ0n) is 26.1. The standard InChI is InChI=1S/C37H47N3O4/c1-4-22-40(32-11-7-8-12-32)24-34-26(3)35(29-16-14-27(25-41)15-17-29)44-36(43-34)30-20-18-28(19-21-30)33-13-9-6-10-31(33)23-39-37(42)38-5-2/h4,6,9-10,13-21,26,32,34-36,41H,1,5,7-8,11-12,22-25H2,2-3H3,(H2,38,39,42)/t26-,34+,35+,36+/m1/s1. The Labute approximate surface area is 262 Å². The van der Waals surface area contributed by atoms with Crippen LogP contribution < -0.4 is 10.6 Å². The van der Waals surface area contributed by atoms with Gasteiger partial charge in [-0.1, -0.05) is 98.6 Å². The molecule has 2 fully saturated rings. The predicted octanol–water partition coefficient (Wildman–Crippen LogP) is 6.89. The highest BCUT2D eigenvalue weighted by Crippen LogP contribution is 2.42. The van der Waals surface area contributed by atoms with Gasteiger partial charge in [-0.05, 0) is 47.6 Å². The van der Waals surface area contributed by atoms with Crippen molar-refractivity contribution in [1.82, 2.24) is 15.5 Å². The molecule has 3 N–H and O–H groups in total. The molecule has 7 heteroatoms. The smallest absolute Gasteiger partial charge is 0.315 e. The largest absolute Gasteiger partial charge is 0.392 e. The Kier molecular flexibility index (Phi) is 11.2. The summed E-state index contributed by atoms with van der Waals surface area (Å²) in [6, 6.07) is 25.0. The number of ether oxygens (including phenoxy) is 2. The second-order valence-electron chi connectivity index (χ2n) is 12.0. The van der Waals surface area contributed by atoms with Gasteiger partial charge in [0.25, 0.3) is 0 Å². The van der Waals surface area contributed by atoms with Crippen LogP contribution in [0.25, 0.3) is 11.1 Å². The number of nitrogens with zero attached hydrogens (tertiary/aromatic N) is 1. The zero-order chi connectivity index (χ0) is 30.9. The van der Waals surface area contributed by atoms with Crippen molar-refractivity contribution in [2.75, 3.05) is 19.6 Å². The molecule has 0 unspecified atom stereocenters. The summed E-state index contributed by atoms with van der Waals surface area (Å²) in [7, 11) is 0. The summed E-state index contributed by atoms with van der Waals surface area (Å²) >= 11 is 0. The van der Waals surface area contributed by atoms with Crippen LogP contribution in [0.3, 0.4) is 0 Å². The molecule has 7 nitrogen and oxygen atoms in total. The summed E-state index contributed by atoms with van der Waals surface area (Å²) in [6.45, 7) is 10.9. The van der Waals surface area contributed by atoms with Crippen molar-refractivity contribution in [3.8, 4) is 11.1 Å². The van der Waals surface area contributed by atoms with Crippen LogP contribution in [0.1, 0.15) is 74.2 Å². The van der Waals surface area contributed by atoms with Crippen LogP contribution in [-0.2, 0) is 22.6 Å². The quantitative estimate of drug-likeness (QED) is 0.198. The molecule has 2 aliphatic rings. The normalized spacial score (nSPS) is 22.2. The van der Waals surface area contributed by atoms with E-state index < -0.39 is 6.29 Å². The first-order valence-corrected chi connectivity index (χ1v) is 16.1. The molecular formula is C37H47N3O4. The maximum atomic E-state index is 12.0. The molecule has 2 amide bonds. The van der Waals surface area contributed by atoms with Crippen LogP contribution in [0, 0.1) is 5.92 Å². The number of benzene rings is 3. The van der Waals surface area contributed by atoms with E-state index in [1.165, 1.54) is 25.7 Å². The lowest BCUT2D eigenvalue weighted by molar-refractivity contribution is -0.276. The number of nitrogens with one attached hydrogen (secondary N) is 2. The molecule has 44 heavy (non-hydrogen) atoms. The van der Waals surface area contributed by atoms with Crippen molar-refractivity contribution >= 4 is 6.03 Å². The van der Waals surface area contributed by atoms with E-state index in [9.17, 15) is 9.90 Å². The fourth-order valence-corrected chi connectivity index (χ4v) is 6.54. The van der Waals surface area contributed by atoms with Gasteiger partial charge < -0.3 is 25.2 Å². The average Bonchev–Trinajstić information content (AvgIpc) is 3.60. The first kappa shape index (κ1) is 31.9. The van der Waals surface area contributed by atoms with Gasteiger partial charge in [-0.25, -0.2) is 4.79 Å². The molecule has 3 aromatic carbocycles. The molecule has 1 saturated carbocycles. The van der Waals surface area contributed by atoms with Crippen LogP contribution in [0.15, 0.2) is 85.5 Å². The Morgan fingerprint density at radius 1 is 0.977 bits per heavy atom. The highest BCUT2D eigenvalue weighted by atomic mass is 16.7. The van der Waals surface area contributed by atoms with Crippen molar-refractivity contribution in [2.24, 2.45) is 5.92 Å². The summed E-state index contributed by atoms with van der Waals surface area (Å²) in [5, 5.41) is 15.3. The lowest BCUT2D eigenvalue weighted by atomic mass is 9.89.